The molecule has 4 aliphatic rings. The third kappa shape index (κ3) is 3.39. The molecule has 9 heteroatoms. The quantitative estimate of drug-likeness (QED) is 0.503. The summed E-state index contributed by atoms with van der Waals surface area (Å²) in [5.41, 5.74) is 6.53. The molecule has 2 fully saturated rings. The SMILES string of the molecule is Cn1ccnc1C(O)c1c(C(N)=O)nc2n1C1CC(C1)c1cc(F)c(C#CC3(O)CCCC3)cc1-2. The van der Waals surface area contributed by atoms with Crippen molar-refractivity contribution in [2.75, 3.05) is 0 Å². The first-order valence-electron chi connectivity index (χ1n) is 11.9. The van der Waals surface area contributed by atoms with Crippen LogP contribution in [0, 0.1) is 17.7 Å². The van der Waals surface area contributed by atoms with E-state index in [1.165, 1.54) is 6.07 Å². The maximum atomic E-state index is 15.1. The van der Waals surface area contributed by atoms with Gasteiger partial charge in [-0.25, -0.2) is 14.4 Å². The number of benzene rings is 1. The van der Waals surface area contributed by atoms with Crippen LogP contribution in [0.15, 0.2) is 24.5 Å². The van der Waals surface area contributed by atoms with Gasteiger partial charge in [0.15, 0.2) is 11.8 Å². The normalized spacial score (nSPS) is 22.3. The molecule has 7 rings (SSSR count). The van der Waals surface area contributed by atoms with E-state index in [2.05, 4.69) is 21.8 Å². The van der Waals surface area contributed by atoms with Crippen molar-refractivity contribution in [3.05, 3.63) is 58.7 Å². The van der Waals surface area contributed by atoms with Gasteiger partial charge in [-0.05, 0) is 62.1 Å². The van der Waals surface area contributed by atoms with Crippen molar-refractivity contribution in [2.24, 2.45) is 12.8 Å². The van der Waals surface area contributed by atoms with Crippen molar-refractivity contribution in [1.82, 2.24) is 19.1 Å². The minimum atomic E-state index is -1.21. The lowest BCUT2D eigenvalue weighted by Crippen LogP contribution is -2.27. The van der Waals surface area contributed by atoms with E-state index in [1.54, 1.807) is 30.1 Å². The fourth-order valence-electron chi connectivity index (χ4n) is 5.75. The van der Waals surface area contributed by atoms with Gasteiger partial charge in [0, 0.05) is 31.0 Å². The second-order valence-corrected chi connectivity index (χ2v) is 9.93. The number of halogens is 1. The van der Waals surface area contributed by atoms with E-state index in [-0.39, 0.29) is 23.2 Å². The molecular formula is C26H26FN5O3. The predicted octanol–water partition coefficient (Wildman–Crippen LogP) is 2.69. The number of nitrogens with two attached hydrogens (primary N) is 1. The van der Waals surface area contributed by atoms with Crippen molar-refractivity contribution < 1.29 is 19.4 Å². The monoisotopic (exact) mass is 475 g/mol. The zero-order valence-electron chi connectivity index (χ0n) is 19.3. The number of aliphatic hydroxyl groups is 2. The minimum Gasteiger partial charge on any atom is -0.379 e. The number of hydrogen-bond acceptors (Lipinski definition) is 5. The summed E-state index contributed by atoms with van der Waals surface area (Å²) in [6.45, 7) is 0. The molecule has 0 radical (unpaired) electrons. The molecule has 180 valence electrons. The second-order valence-electron chi connectivity index (χ2n) is 9.93. The average Bonchev–Trinajstić information content (AvgIpc) is 3.48. The number of primary amides is 1. The number of carbonyl (C=O) groups is 1. The molecule has 2 saturated carbocycles. The molecule has 35 heavy (non-hydrogen) atoms. The van der Waals surface area contributed by atoms with Gasteiger partial charge in [0.25, 0.3) is 5.91 Å². The molecule has 1 aromatic carbocycles. The summed E-state index contributed by atoms with van der Waals surface area (Å²) in [6, 6.07) is 3.14. The Morgan fingerprint density at radius 1 is 1.31 bits per heavy atom. The van der Waals surface area contributed by atoms with Gasteiger partial charge in [0.2, 0.25) is 0 Å². The van der Waals surface area contributed by atoms with Gasteiger partial charge in [0.05, 0.1) is 11.3 Å². The Balaban J connectivity index is 1.54. The standard InChI is InChI=1S/C26H26FN5O3/c1-31-9-8-29-25(31)22(33)21-20(23(28)34)30-24-18-12-14(4-7-26(35)5-2-3-6-26)19(27)13-17(18)15-10-16(11-15)32(21)24/h8-9,12-13,15-16,22,33,35H,2-3,5-6,10-11H2,1H3,(H2,28,34). The van der Waals surface area contributed by atoms with Crippen LogP contribution in [0.4, 0.5) is 4.39 Å². The molecule has 0 spiro atoms. The molecule has 2 bridgehead atoms. The molecule has 2 aliphatic carbocycles. The number of rotatable bonds is 3. The number of imidazole rings is 2. The third-order valence-corrected chi connectivity index (χ3v) is 7.70. The Labute approximate surface area is 201 Å². The number of aromatic nitrogens is 4. The zero-order valence-corrected chi connectivity index (χ0v) is 19.3. The molecular weight excluding hydrogens is 449 g/mol. The molecule has 8 nitrogen and oxygen atoms in total. The Hall–Kier alpha value is -3.48. The summed E-state index contributed by atoms with van der Waals surface area (Å²) in [6.07, 6.45) is 6.50. The smallest absolute Gasteiger partial charge is 0.269 e. The van der Waals surface area contributed by atoms with Crippen LogP contribution in [-0.4, -0.2) is 40.8 Å². The van der Waals surface area contributed by atoms with Crippen LogP contribution in [-0.2, 0) is 7.05 Å². The van der Waals surface area contributed by atoms with Crippen LogP contribution in [0.1, 0.15) is 89.7 Å². The Kier molecular flexibility index (Phi) is 4.88. The van der Waals surface area contributed by atoms with E-state index < -0.39 is 23.4 Å². The number of nitrogens with zero attached hydrogens (tertiary/aromatic N) is 4. The zero-order chi connectivity index (χ0) is 24.5. The van der Waals surface area contributed by atoms with Crippen molar-refractivity contribution in [3.63, 3.8) is 0 Å². The second kappa shape index (κ2) is 7.77. The molecule has 2 aliphatic heterocycles. The summed E-state index contributed by atoms with van der Waals surface area (Å²) >= 11 is 0. The Morgan fingerprint density at radius 2 is 2.06 bits per heavy atom. The van der Waals surface area contributed by atoms with Crippen LogP contribution < -0.4 is 5.73 Å². The van der Waals surface area contributed by atoms with Crippen molar-refractivity contribution in [1.29, 1.82) is 0 Å². The molecule has 3 aromatic rings. The van der Waals surface area contributed by atoms with Crippen LogP contribution in [0.2, 0.25) is 0 Å². The lowest BCUT2D eigenvalue weighted by molar-refractivity contribution is 0.0987. The summed E-state index contributed by atoms with van der Waals surface area (Å²) in [4.78, 5) is 21.3. The summed E-state index contributed by atoms with van der Waals surface area (Å²) < 4.78 is 18.7. The first kappa shape index (κ1) is 22.0. The Morgan fingerprint density at radius 3 is 2.71 bits per heavy atom. The lowest BCUT2D eigenvalue weighted by atomic mass is 9.75. The van der Waals surface area contributed by atoms with Gasteiger partial charge in [-0.3, -0.25) is 4.79 Å². The topological polar surface area (TPSA) is 119 Å². The van der Waals surface area contributed by atoms with Crippen molar-refractivity contribution >= 4 is 5.91 Å². The maximum Gasteiger partial charge on any atom is 0.269 e. The van der Waals surface area contributed by atoms with E-state index in [9.17, 15) is 15.0 Å². The first-order valence-corrected chi connectivity index (χ1v) is 11.9. The molecule has 2 aromatic heterocycles. The van der Waals surface area contributed by atoms with E-state index >= 15 is 4.39 Å². The molecule has 1 unspecified atom stereocenters. The lowest BCUT2D eigenvalue weighted by Gasteiger charge is -2.36. The minimum absolute atomic E-state index is 0.00952. The van der Waals surface area contributed by atoms with Gasteiger partial charge >= 0.3 is 0 Å². The van der Waals surface area contributed by atoms with E-state index in [0.29, 0.717) is 35.7 Å². The van der Waals surface area contributed by atoms with Gasteiger partial charge in [-0.15, -0.1) is 0 Å². The fraction of sp³-hybridized carbons (Fsp3) is 0.423. The maximum absolute atomic E-state index is 15.1. The summed E-state index contributed by atoms with van der Waals surface area (Å²) in [7, 11) is 1.76. The summed E-state index contributed by atoms with van der Waals surface area (Å²) in [5, 5.41) is 21.9. The highest BCUT2D eigenvalue weighted by Gasteiger charge is 2.43. The Bertz CT molecular complexity index is 1420. The van der Waals surface area contributed by atoms with Crippen molar-refractivity contribution in [2.45, 2.75) is 62.2 Å². The van der Waals surface area contributed by atoms with Gasteiger partial charge in [-0.2, -0.15) is 0 Å². The average molecular weight is 476 g/mol. The molecule has 4 heterocycles. The highest BCUT2D eigenvalue weighted by molar-refractivity contribution is 5.93. The number of aryl methyl sites for hydroxylation is 1. The van der Waals surface area contributed by atoms with Crippen LogP contribution >= 0.6 is 0 Å². The van der Waals surface area contributed by atoms with Crippen LogP contribution in [0.5, 0.6) is 0 Å². The summed E-state index contributed by atoms with van der Waals surface area (Å²) in [5.74, 6) is 5.51. The number of aliphatic hydroxyl groups excluding tert-OH is 1. The first-order chi connectivity index (χ1) is 16.8. The molecule has 0 saturated heterocycles. The highest BCUT2D eigenvalue weighted by Crippen LogP contribution is 2.54. The molecule has 1 atom stereocenters. The number of amides is 1. The molecule has 4 N–H and O–H groups in total. The largest absolute Gasteiger partial charge is 0.379 e. The third-order valence-electron chi connectivity index (χ3n) is 7.70. The van der Waals surface area contributed by atoms with E-state index in [1.807, 2.05) is 4.57 Å². The molecule has 1 amide bonds. The van der Waals surface area contributed by atoms with Crippen molar-refractivity contribution in [3.8, 4) is 23.2 Å². The number of hydrogen-bond donors (Lipinski definition) is 3. The van der Waals surface area contributed by atoms with E-state index in [0.717, 1.165) is 31.2 Å². The van der Waals surface area contributed by atoms with Gasteiger partial charge in [0.1, 0.15) is 23.1 Å². The van der Waals surface area contributed by atoms with E-state index in [4.69, 9.17) is 5.73 Å². The fourth-order valence-corrected chi connectivity index (χ4v) is 5.75. The van der Waals surface area contributed by atoms with Crippen LogP contribution in [0.25, 0.3) is 11.4 Å². The predicted molar refractivity (Wildman–Crippen MR) is 125 cm³/mol. The van der Waals surface area contributed by atoms with Gasteiger partial charge in [-0.1, -0.05) is 11.8 Å². The van der Waals surface area contributed by atoms with Gasteiger partial charge < -0.3 is 25.1 Å². The van der Waals surface area contributed by atoms with Crippen LogP contribution in [0.3, 0.4) is 0 Å². The highest BCUT2D eigenvalue weighted by atomic mass is 19.1. The number of carbonyl (C=O) groups excluding carboxylic acids is 1.